The second-order valence-corrected chi connectivity index (χ2v) is 3.91. The third kappa shape index (κ3) is 2.47. The van der Waals surface area contributed by atoms with Gasteiger partial charge >= 0.3 is 0 Å². The number of rotatable bonds is 1. The number of pyridine rings is 1. The van der Waals surface area contributed by atoms with Crippen molar-refractivity contribution >= 4 is 21.6 Å². The Bertz CT molecular complexity index is 520. The summed E-state index contributed by atoms with van der Waals surface area (Å²) >= 11 is 3.33. The molecule has 1 aromatic carbocycles. The Morgan fingerprint density at radius 2 is 1.87 bits per heavy atom. The van der Waals surface area contributed by atoms with Gasteiger partial charge in [0.25, 0.3) is 0 Å². The molecule has 3 nitrogen and oxygen atoms in total. The molecule has 1 N–H and O–H groups in total. The highest BCUT2D eigenvalue weighted by Gasteiger charge is 1.92. The van der Waals surface area contributed by atoms with Crippen LogP contribution in [-0.4, -0.2) is 9.94 Å². The Morgan fingerprint density at radius 3 is 2.60 bits per heavy atom. The van der Waals surface area contributed by atoms with Gasteiger partial charge in [0, 0.05) is 10.7 Å². The summed E-state index contributed by atoms with van der Waals surface area (Å²) in [6.07, 6.45) is 1.53. The highest BCUT2D eigenvalue weighted by atomic mass is 79.9. The zero-order valence-electron chi connectivity index (χ0n) is 7.84. The minimum Gasteiger partial charge on any atom is -0.427 e. The van der Waals surface area contributed by atoms with Crippen LogP contribution < -0.4 is 5.49 Å². The van der Waals surface area contributed by atoms with Crippen LogP contribution in [-0.2, 0) is 0 Å². The highest BCUT2D eigenvalue weighted by Crippen LogP contribution is 2.09. The van der Waals surface area contributed by atoms with Gasteiger partial charge in [-0.05, 0) is 24.3 Å². The average molecular weight is 265 g/mol. The van der Waals surface area contributed by atoms with Gasteiger partial charge in [-0.15, -0.1) is 0 Å². The fourth-order valence-corrected chi connectivity index (χ4v) is 1.50. The lowest BCUT2D eigenvalue weighted by molar-refractivity contribution is 0.172. The second-order valence-electron chi connectivity index (χ2n) is 3.00. The van der Waals surface area contributed by atoms with Gasteiger partial charge in [-0.2, -0.15) is 4.73 Å². The molecular formula is C11H9BrN2O. The van der Waals surface area contributed by atoms with Crippen LogP contribution in [0, 0.1) is 0 Å². The number of hydrogen-bond acceptors (Lipinski definition) is 2. The van der Waals surface area contributed by atoms with Crippen molar-refractivity contribution in [2.45, 2.75) is 0 Å². The van der Waals surface area contributed by atoms with Crippen molar-refractivity contribution in [3.05, 3.63) is 58.6 Å². The molecule has 0 atom stereocenters. The first-order valence-corrected chi connectivity index (χ1v) is 5.22. The van der Waals surface area contributed by atoms with Crippen LogP contribution in [0.3, 0.4) is 0 Å². The summed E-state index contributed by atoms with van der Waals surface area (Å²) in [5, 5.41) is 9.50. The molecule has 0 bridgehead atoms. The van der Waals surface area contributed by atoms with Crippen molar-refractivity contribution in [3.63, 3.8) is 0 Å². The van der Waals surface area contributed by atoms with Crippen molar-refractivity contribution in [3.8, 4) is 0 Å². The van der Waals surface area contributed by atoms with Crippen LogP contribution in [0.1, 0.15) is 0 Å². The molecule has 1 aromatic heterocycles. The quantitative estimate of drug-likeness (QED) is 0.791. The zero-order chi connectivity index (χ0) is 10.7. The summed E-state index contributed by atoms with van der Waals surface area (Å²) in [5.41, 5.74) is 1.29. The van der Waals surface area contributed by atoms with Crippen molar-refractivity contribution < 1.29 is 5.21 Å². The predicted octanol–water partition coefficient (Wildman–Crippen LogP) is 2.72. The lowest BCUT2D eigenvalue weighted by Crippen LogP contribution is -2.16. The van der Waals surface area contributed by atoms with Crippen molar-refractivity contribution in [2.75, 3.05) is 0 Å². The normalized spacial score (nSPS) is 11.7. The van der Waals surface area contributed by atoms with Crippen LogP contribution in [0.2, 0.25) is 0 Å². The maximum Gasteiger partial charge on any atom is 0.169 e. The van der Waals surface area contributed by atoms with Crippen molar-refractivity contribution in [1.29, 1.82) is 0 Å². The van der Waals surface area contributed by atoms with E-state index >= 15 is 0 Å². The standard InChI is InChI=1S/C11H9BrN2O/c12-9-6-7-14(15)11(8-9)13-10-4-2-1-3-5-10/h1-8,15H. The van der Waals surface area contributed by atoms with E-state index in [4.69, 9.17) is 0 Å². The second kappa shape index (κ2) is 4.31. The van der Waals surface area contributed by atoms with E-state index in [0.717, 1.165) is 14.9 Å². The SMILES string of the molecule is On1ccc(Br)cc1=Nc1ccccc1. The largest absolute Gasteiger partial charge is 0.427 e. The molecule has 0 aliphatic heterocycles. The fraction of sp³-hybridized carbons (Fsp3) is 0. The van der Waals surface area contributed by atoms with Gasteiger partial charge in [0.15, 0.2) is 5.49 Å². The zero-order valence-corrected chi connectivity index (χ0v) is 9.42. The maximum absolute atomic E-state index is 9.50. The van der Waals surface area contributed by atoms with E-state index in [-0.39, 0.29) is 0 Å². The topological polar surface area (TPSA) is 37.5 Å². The van der Waals surface area contributed by atoms with Crippen molar-refractivity contribution in [1.82, 2.24) is 4.73 Å². The van der Waals surface area contributed by atoms with Crippen LogP contribution in [0.5, 0.6) is 0 Å². The van der Waals surface area contributed by atoms with Gasteiger partial charge in [-0.3, -0.25) is 0 Å². The predicted molar refractivity (Wildman–Crippen MR) is 61.0 cm³/mol. The molecule has 0 spiro atoms. The molecule has 2 rings (SSSR count). The molecule has 2 aromatic rings. The molecule has 0 radical (unpaired) electrons. The number of halogens is 1. The van der Waals surface area contributed by atoms with Gasteiger partial charge in [-0.25, -0.2) is 4.99 Å². The Hall–Kier alpha value is -1.55. The van der Waals surface area contributed by atoms with Gasteiger partial charge in [0.05, 0.1) is 5.69 Å². The monoisotopic (exact) mass is 264 g/mol. The van der Waals surface area contributed by atoms with E-state index in [0.29, 0.717) is 5.49 Å². The lowest BCUT2D eigenvalue weighted by Gasteiger charge is -1.98. The molecule has 0 aliphatic rings. The molecular weight excluding hydrogens is 256 g/mol. The lowest BCUT2D eigenvalue weighted by atomic mass is 10.3. The first-order chi connectivity index (χ1) is 7.25. The van der Waals surface area contributed by atoms with Gasteiger partial charge in [0.1, 0.15) is 0 Å². The van der Waals surface area contributed by atoms with Gasteiger partial charge in [0.2, 0.25) is 0 Å². The summed E-state index contributed by atoms with van der Waals surface area (Å²) in [7, 11) is 0. The molecule has 0 saturated carbocycles. The Kier molecular flexibility index (Phi) is 2.87. The molecule has 0 amide bonds. The number of aromatic nitrogens is 1. The van der Waals surface area contributed by atoms with Gasteiger partial charge in [-0.1, -0.05) is 34.1 Å². The number of hydrogen-bond donors (Lipinski definition) is 1. The summed E-state index contributed by atoms with van der Waals surface area (Å²) in [5.74, 6) is 0. The minimum absolute atomic E-state index is 0.482. The minimum atomic E-state index is 0.482. The molecule has 0 fully saturated rings. The Morgan fingerprint density at radius 1 is 1.13 bits per heavy atom. The van der Waals surface area contributed by atoms with E-state index in [2.05, 4.69) is 20.9 Å². The van der Waals surface area contributed by atoms with Crippen LogP contribution in [0.15, 0.2) is 58.1 Å². The van der Waals surface area contributed by atoms with E-state index in [1.54, 1.807) is 12.1 Å². The molecule has 0 aliphatic carbocycles. The molecule has 4 heteroatoms. The number of para-hydroxylation sites is 1. The van der Waals surface area contributed by atoms with Crippen molar-refractivity contribution in [2.24, 2.45) is 4.99 Å². The maximum atomic E-state index is 9.50. The fourth-order valence-electron chi connectivity index (χ4n) is 1.17. The summed E-state index contributed by atoms with van der Waals surface area (Å²) in [4.78, 5) is 4.28. The molecule has 0 saturated heterocycles. The van der Waals surface area contributed by atoms with Crippen LogP contribution in [0.4, 0.5) is 5.69 Å². The first-order valence-electron chi connectivity index (χ1n) is 4.43. The van der Waals surface area contributed by atoms with E-state index in [1.807, 2.05) is 30.3 Å². The third-order valence-corrected chi connectivity index (χ3v) is 2.37. The van der Waals surface area contributed by atoms with E-state index < -0.39 is 0 Å². The Labute approximate surface area is 95.4 Å². The average Bonchev–Trinajstić information content (AvgIpc) is 2.25. The van der Waals surface area contributed by atoms with E-state index in [9.17, 15) is 5.21 Å². The van der Waals surface area contributed by atoms with Gasteiger partial charge < -0.3 is 5.21 Å². The Balaban J connectivity index is 2.54. The molecule has 15 heavy (non-hydrogen) atoms. The smallest absolute Gasteiger partial charge is 0.169 e. The highest BCUT2D eigenvalue weighted by molar-refractivity contribution is 9.10. The number of nitrogens with zero attached hydrogens (tertiary/aromatic N) is 2. The third-order valence-electron chi connectivity index (χ3n) is 1.88. The first kappa shape index (κ1) is 9.98. The van der Waals surface area contributed by atoms with Crippen LogP contribution in [0.25, 0.3) is 0 Å². The van der Waals surface area contributed by atoms with Crippen LogP contribution >= 0.6 is 15.9 Å². The molecule has 0 unspecified atom stereocenters. The summed E-state index contributed by atoms with van der Waals surface area (Å²) in [6, 6.07) is 13.0. The summed E-state index contributed by atoms with van der Waals surface area (Å²) in [6.45, 7) is 0. The number of benzene rings is 1. The van der Waals surface area contributed by atoms with E-state index in [1.165, 1.54) is 6.20 Å². The summed E-state index contributed by atoms with van der Waals surface area (Å²) < 4.78 is 1.86. The molecule has 1 heterocycles. The molecule has 76 valence electrons.